The third-order valence-corrected chi connectivity index (χ3v) is 4.23. The highest BCUT2D eigenvalue weighted by Crippen LogP contribution is 2.21. The van der Waals surface area contributed by atoms with Gasteiger partial charge in [0.15, 0.2) is 0 Å². The zero-order valence-corrected chi connectivity index (χ0v) is 12.8. The second-order valence-electron chi connectivity index (χ2n) is 4.30. The van der Waals surface area contributed by atoms with Gasteiger partial charge in [0.2, 0.25) is 0 Å². The summed E-state index contributed by atoms with van der Waals surface area (Å²) < 4.78 is 5.76. The van der Waals surface area contributed by atoms with Gasteiger partial charge in [0.05, 0.1) is 6.61 Å². The van der Waals surface area contributed by atoms with Crippen LogP contribution in [0.15, 0.2) is 48.5 Å². The summed E-state index contributed by atoms with van der Waals surface area (Å²) in [6, 6.07) is 15.8. The predicted octanol–water partition coefficient (Wildman–Crippen LogP) is 4.11. The predicted molar refractivity (Wildman–Crippen MR) is 87.4 cm³/mol. The minimum Gasteiger partial charge on any atom is -0.492 e. The van der Waals surface area contributed by atoms with E-state index in [0.29, 0.717) is 13.2 Å². The van der Waals surface area contributed by atoms with Crippen molar-refractivity contribution in [3.63, 3.8) is 0 Å². The number of halogens is 1. The molecule has 2 rings (SSSR count). The lowest BCUT2D eigenvalue weighted by Crippen LogP contribution is -2.05. The first kappa shape index (κ1) is 15.2. The smallest absolute Gasteiger partial charge is 0.123 e. The van der Waals surface area contributed by atoms with E-state index in [1.165, 1.54) is 5.56 Å². The number of benzene rings is 2. The van der Waals surface area contributed by atoms with Crippen LogP contribution in [0.25, 0.3) is 0 Å². The highest BCUT2D eigenvalue weighted by molar-refractivity contribution is 7.98. The quantitative estimate of drug-likeness (QED) is 0.782. The van der Waals surface area contributed by atoms with Crippen molar-refractivity contribution in [3.05, 3.63) is 64.7 Å². The van der Waals surface area contributed by atoms with Crippen LogP contribution >= 0.6 is 23.4 Å². The van der Waals surface area contributed by atoms with Crippen molar-refractivity contribution >= 4 is 23.4 Å². The van der Waals surface area contributed by atoms with E-state index < -0.39 is 0 Å². The second-order valence-corrected chi connectivity index (χ2v) is 5.82. The van der Waals surface area contributed by atoms with Crippen molar-refractivity contribution in [2.75, 3.05) is 12.4 Å². The first-order valence-electron chi connectivity index (χ1n) is 6.53. The number of hydrogen-bond donors (Lipinski definition) is 1. The lowest BCUT2D eigenvalue weighted by atomic mass is 10.2. The molecule has 20 heavy (non-hydrogen) atoms. The summed E-state index contributed by atoms with van der Waals surface area (Å²) in [4.78, 5) is 0. The van der Waals surface area contributed by atoms with E-state index in [0.717, 1.165) is 27.8 Å². The number of rotatable bonds is 7. The molecule has 0 saturated heterocycles. The summed E-state index contributed by atoms with van der Waals surface area (Å²) >= 11 is 7.93. The third kappa shape index (κ3) is 4.44. The molecule has 0 spiro atoms. The highest BCUT2D eigenvalue weighted by Gasteiger charge is 2.02. The number of para-hydroxylation sites is 1. The molecule has 0 atom stereocenters. The van der Waals surface area contributed by atoms with Crippen molar-refractivity contribution in [2.24, 2.45) is 5.73 Å². The largest absolute Gasteiger partial charge is 0.492 e. The average Bonchev–Trinajstić information content (AvgIpc) is 2.49. The van der Waals surface area contributed by atoms with E-state index in [1.807, 2.05) is 54.2 Å². The van der Waals surface area contributed by atoms with E-state index in [2.05, 4.69) is 6.07 Å². The molecule has 0 radical (unpaired) electrons. The Labute approximate surface area is 129 Å². The Balaban J connectivity index is 1.73. The summed E-state index contributed by atoms with van der Waals surface area (Å²) in [5.74, 6) is 2.71. The summed E-state index contributed by atoms with van der Waals surface area (Å²) in [7, 11) is 0. The molecule has 0 aliphatic rings. The normalized spacial score (nSPS) is 10.5. The Morgan fingerprint density at radius 3 is 2.45 bits per heavy atom. The number of thioether (sulfide) groups is 1. The molecule has 4 heteroatoms. The maximum absolute atomic E-state index is 6.11. The lowest BCUT2D eigenvalue weighted by Gasteiger charge is -2.10. The zero-order valence-electron chi connectivity index (χ0n) is 11.2. The molecule has 2 N–H and O–H groups in total. The topological polar surface area (TPSA) is 35.2 Å². The van der Waals surface area contributed by atoms with E-state index in [4.69, 9.17) is 22.1 Å². The van der Waals surface area contributed by atoms with Crippen molar-refractivity contribution in [1.82, 2.24) is 0 Å². The molecular formula is C16H18ClNOS. The monoisotopic (exact) mass is 307 g/mol. The summed E-state index contributed by atoms with van der Waals surface area (Å²) in [5, 5.41) is 0.828. The van der Waals surface area contributed by atoms with Gasteiger partial charge >= 0.3 is 0 Å². The van der Waals surface area contributed by atoms with Crippen molar-refractivity contribution in [2.45, 2.75) is 12.3 Å². The highest BCUT2D eigenvalue weighted by atomic mass is 35.5. The van der Waals surface area contributed by atoms with Crippen molar-refractivity contribution in [1.29, 1.82) is 0 Å². The molecule has 0 aliphatic heterocycles. The van der Waals surface area contributed by atoms with Crippen LogP contribution in [0.5, 0.6) is 5.75 Å². The van der Waals surface area contributed by atoms with Gasteiger partial charge < -0.3 is 10.5 Å². The first-order valence-corrected chi connectivity index (χ1v) is 8.06. The van der Waals surface area contributed by atoms with Gasteiger partial charge in [0, 0.05) is 28.6 Å². The maximum Gasteiger partial charge on any atom is 0.123 e. The molecular weight excluding hydrogens is 290 g/mol. The third-order valence-electron chi connectivity index (χ3n) is 2.89. The fourth-order valence-corrected chi connectivity index (χ4v) is 2.92. The Morgan fingerprint density at radius 1 is 1.00 bits per heavy atom. The summed E-state index contributed by atoms with van der Waals surface area (Å²) in [5.41, 5.74) is 7.89. The lowest BCUT2D eigenvalue weighted by molar-refractivity contribution is 0.340. The van der Waals surface area contributed by atoms with Crippen LogP contribution in [0.2, 0.25) is 5.02 Å². The Kier molecular flexibility index (Phi) is 6.25. The Morgan fingerprint density at radius 2 is 1.70 bits per heavy atom. The van der Waals surface area contributed by atoms with Crippen LogP contribution in [0.4, 0.5) is 0 Å². The van der Waals surface area contributed by atoms with Crippen LogP contribution < -0.4 is 10.5 Å². The molecule has 0 amide bonds. The molecule has 0 fully saturated rings. The molecule has 106 valence electrons. The number of nitrogens with two attached hydrogens (primary N) is 1. The van der Waals surface area contributed by atoms with Gasteiger partial charge in [-0.05, 0) is 17.7 Å². The van der Waals surface area contributed by atoms with E-state index >= 15 is 0 Å². The minimum absolute atomic E-state index is 0.503. The van der Waals surface area contributed by atoms with Gasteiger partial charge in [0.1, 0.15) is 5.75 Å². The van der Waals surface area contributed by atoms with Crippen molar-refractivity contribution < 1.29 is 4.74 Å². The van der Waals surface area contributed by atoms with Gasteiger partial charge in [-0.25, -0.2) is 0 Å². The second kappa shape index (κ2) is 8.20. The van der Waals surface area contributed by atoms with Crippen molar-refractivity contribution in [3.8, 4) is 5.75 Å². The Bertz CT molecular complexity index is 548. The first-order chi connectivity index (χ1) is 9.81. The molecule has 2 nitrogen and oxygen atoms in total. The van der Waals surface area contributed by atoms with E-state index in [9.17, 15) is 0 Å². The number of hydrogen-bond acceptors (Lipinski definition) is 3. The molecule has 0 aliphatic carbocycles. The summed E-state index contributed by atoms with van der Waals surface area (Å²) in [6.07, 6.45) is 0. The molecule has 0 bridgehead atoms. The van der Waals surface area contributed by atoms with E-state index in [-0.39, 0.29) is 0 Å². The van der Waals surface area contributed by atoms with Crippen LogP contribution in [-0.2, 0) is 12.3 Å². The van der Waals surface area contributed by atoms with Crippen LogP contribution in [-0.4, -0.2) is 12.4 Å². The van der Waals surface area contributed by atoms with E-state index in [1.54, 1.807) is 0 Å². The van der Waals surface area contributed by atoms with Gasteiger partial charge in [0.25, 0.3) is 0 Å². The summed E-state index contributed by atoms with van der Waals surface area (Å²) in [6.45, 7) is 1.18. The van der Waals surface area contributed by atoms with Gasteiger partial charge in [-0.2, -0.15) is 11.8 Å². The fourth-order valence-electron chi connectivity index (χ4n) is 1.82. The average molecular weight is 308 g/mol. The molecule has 2 aromatic rings. The molecule has 0 aromatic heterocycles. The van der Waals surface area contributed by atoms with Gasteiger partial charge in [-0.3, -0.25) is 0 Å². The fraction of sp³-hybridized carbons (Fsp3) is 0.250. The molecule has 0 unspecified atom stereocenters. The minimum atomic E-state index is 0.503. The molecule has 0 heterocycles. The zero-order chi connectivity index (χ0) is 14.2. The van der Waals surface area contributed by atoms with Gasteiger partial charge in [-0.1, -0.05) is 48.0 Å². The maximum atomic E-state index is 6.11. The molecule has 2 aromatic carbocycles. The van der Waals surface area contributed by atoms with Crippen LogP contribution in [0.3, 0.4) is 0 Å². The van der Waals surface area contributed by atoms with Crippen LogP contribution in [0.1, 0.15) is 11.1 Å². The Hall–Kier alpha value is -1.16. The number of ether oxygens (including phenoxy) is 1. The van der Waals surface area contributed by atoms with Crippen LogP contribution in [0, 0.1) is 0 Å². The standard InChI is InChI=1S/C16H18ClNOS/c17-15-7-3-1-6-14(15)12-20-10-9-19-16-8-4-2-5-13(16)11-18/h1-8H,9-12,18H2. The van der Waals surface area contributed by atoms with Gasteiger partial charge in [-0.15, -0.1) is 0 Å². The SMILES string of the molecule is NCc1ccccc1OCCSCc1ccccc1Cl. The molecule has 0 saturated carbocycles.